The molecule has 0 amide bonds. The third kappa shape index (κ3) is 4.83. The van der Waals surface area contributed by atoms with Crippen LogP contribution in [0.3, 0.4) is 0 Å². The maximum Gasteiger partial charge on any atom is 0.318 e. The lowest BCUT2D eigenvalue weighted by Crippen LogP contribution is -2.71. The molecule has 2 aromatic carbocycles. The Balaban J connectivity index is 1.35. The average Bonchev–Trinajstić information content (AvgIpc) is 3.38. The van der Waals surface area contributed by atoms with E-state index in [-0.39, 0.29) is 18.3 Å². The van der Waals surface area contributed by atoms with Crippen LogP contribution in [0.4, 0.5) is 0 Å². The summed E-state index contributed by atoms with van der Waals surface area (Å²) >= 11 is 0. The second kappa shape index (κ2) is 11.3. The lowest BCUT2D eigenvalue weighted by molar-refractivity contribution is -0.325. The molecule has 7 rings (SSSR count). The molecule has 234 valence electrons. The highest BCUT2D eigenvalue weighted by molar-refractivity contribution is 5.90. The monoisotopic (exact) mass is 613 g/mol. The number of benzene rings is 2. The van der Waals surface area contributed by atoms with Crippen LogP contribution in [0, 0.1) is 11.8 Å². The Labute approximate surface area is 251 Å². The second-order valence-corrected chi connectivity index (χ2v) is 10.8. The van der Waals surface area contributed by atoms with Gasteiger partial charge in [-0.25, -0.2) is 0 Å². The summed E-state index contributed by atoms with van der Waals surface area (Å²) in [5.41, 5.74) is -0.279. The molecule has 5 aliphatic rings. The maximum atomic E-state index is 12.1. The van der Waals surface area contributed by atoms with E-state index >= 15 is 0 Å². The highest BCUT2D eigenvalue weighted by atomic mass is 16.7. The summed E-state index contributed by atoms with van der Waals surface area (Å²) in [5, 5.41) is 45.1. The first-order chi connectivity index (χ1) is 21.1. The van der Waals surface area contributed by atoms with Crippen molar-refractivity contribution < 1.29 is 63.2 Å². The highest BCUT2D eigenvalue weighted by Crippen LogP contribution is 2.56. The summed E-state index contributed by atoms with van der Waals surface area (Å²) in [6, 6.07) is 7.05. The molecule has 8 atom stereocenters. The summed E-state index contributed by atoms with van der Waals surface area (Å²) in [6.07, 6.45) is -9.89. The molecule has 0 aliphatic carbocycles. The van der Waals surface area contributed by atoms with Crippen LogP contribution in [0.2, 0.25) is 0 Å². The molecule has 5 N–H and O–H groups in total. The van der Waals surface area contributed by atoms with Gasteiger partial charge in [0, 0.05) is 23.6 Å². The zero-order valence-electron chi connectivity index (χ0n) is 23.9. The van der Waals surface area contributed by atoms with Crippen molar-refractivity contribution in [3.63, 3.8) is 0 Å². The van der Waals surface area contributed by atoms with Gasteiger partial charge in [0.1, 0.15) is 47.9 Å². The van der Waals surface area contributed by atoms with Crippen molar-refractivity contribution in [1.29, 1.82) is 0 Å². The van der Waals surface area contributed by atoms with E-state index < -0.39 is 67.3 Å². The molecule has 1 fully saturated rings. The first-order valence-corrected chi connectivity index (χ1v) is 13.8. The molecule has 1 saturated heterocycles. The van der Waals surface area contributed by atoms with Crippen LogP contribution in [0.5, 0.6) is 28.7 Å². The number of carbonyl (C=O) groups is 2. The van der Waals surface area contributed by atoms with Gasteiger partial charge in [0.2, 0.25) is 12.0 Å². The normalized spacial score (nSPS) is 29.9. The Morgan fingerprint density at radius 3 is 2.64 bits per heavy atom. The number of likely N-dealkylation sites (N-methyl/N-ethyl adjacent to an activating group) is 1. The fourth-order valence-electron chi connectivity index (χ4n) is 6.03. The third-order valence-electron chi connectivity index (χ3n) is 8.22. The van der Waals surface area contributed by atoms with Crippen molar-refractivity contribution >= 4 is 11.9 Å². The van der Waals surface area contributed by atoms with E-state index in [1.807, 2.05) is 12.1 Å². The first-order valence-electron chi connectivity index (χ1n) is 13.8. The third-order valence-corrected chi connectivity index (χ3v) is 8.22. The summed E-state index contributed by atoms with van der Waals surface area (Å²) in [6.45, 7) is 0.284. The Morgan fingerprint density at radius 1 is 1.14 bits per heavy atom. The smallest absolute Gasteiger partial charge is 0.318 e. The van der Waals surface area contributed by atoms with E-state index in [2.05, 4.69) is 17.2 Å². The van der Waals surface area contributed by atoms with E-state index in [0.717, 1.165) is 5.56 Å². The number of carbonyl (C=O) groups excluding carboxylic acids is 1. The summed E-state index contributed by atoms with van der Waals surface area (Å²) in [5.74, 6) is 5.28. The van der Waals surface area contributed by atoms with Crippen LogP contribution in [0.15, 0.2) is 24.3 Å². The van der Waals surface area contributed by atoms with Crippen LogP contribution in [-0.2, 0) is 19.1 Å². The predicted molar refractivity (Wildman–Crippen MR) is 147 cm³/mol. The second-order valence-electron chi connectivity index (χ2n) is 10.8. The molecule has 2 aromatic rings. The average molecular weight is 614 g/mol. The van der Waals surface area contributed by atoms with Gasteiger partial charge in [0.15, 0.2) is 17.7 Å². The summed E-state index contributed by atoms with van der Waals surface area (Å²) in [4.78, 5) is 23.1. The van der Waals surface area contributed by atoms with E-state index in [9.17, 15) is 24.9 Å². The first kappa shape index (κ1) is 29.8. The van der Waals surface area contributed by atoms with Gasteiger partial charge in [-0.1, -0.05) is 17.9 Å². The van der Waals surface area contributed by atoms with Gasteiger partial charge in [-0.2, -0.15) is 0 Å². The zero-order valence-corrected chi connectivity index (χ0v) is 23.9. The van der Waals surface area contributed by atoms with Crippen LogP contribution in [0.1, 0.15) is 41.6 Å². The van der Waals surface area contributed by atoms with Crippen molar-refractivity contribution in [2.45, 2.75) is 61.3 Å². The SMILES string of the molecule is CN[C@H](OC(=O)CC(=O)O)[C@H]1O[C@H]2Oc3cc4c(cc3C#CC[C@]1(O)[C@H](O)[C@H]2O)[C@@H]1Oc2c(ccc(OC)c2OC)[C@@H]1CO4. The molecule has 14 nitrogen and oxygen atoms in total. The topological polar surface area (TPSA) is 192 Å². The molecule has 0 spiro atoms. The molecule has 0 saturated carbocycles. The molecule has 5 heterocycles. The lowest BCUT2D eigenvalue weighted by atomic mass is 9.80. The predicted octanol–water partition coefficient (Wildman–Crippen LogP) is 0.189. The number of carboxylic acids is 1. The molecule has 0 unspecified atom stereocenters. The largest absolute Gasteiger partial charge is 0.493 e. The summed E-state index contributed by atoms with van der Waals surface area (Å²) < 4.78 is 40.6. The number of aliphatic carboxylic acids is 1. The van der Waals surface area contributed by atoms with Gasteiger partial charge in [0.05, 0.1) is 32.3 Å². The number of nitrogens with one attached hydrogen (secondary N) is 1. The van der Waals surface area contributed by atoms with Crippen LogP contribution in [-0.4, -0.2) is 96.7 Å². The molecular weight excluding hydrogens is 582 g/mol. The number of esters is 1. The van der Waals surface area contributed by atoms with Crippen molar-refractivity contribution in [1.82, 2.24) is 5.32 Å². The fourth-order valence-corrected chi connectivity index (χ4v) is 6.03. The van der Waals surface area contributed by atoms with Crippen LogP contribution < -0.4 is 29.0 Å². The number of aliphatic hydroxyl groups excluding tert-OH is 2. The minimum absolute atomic E-state index is 0.149. The standard InChI is InChI=1S/C30H31NO13/c1-31-28(42-21(34)11-20(32)33)27-30(37)8-4-5-13-9-15-19(10-18(13)41-29(44-27)22(35)26(30)36)40-12-16-14-6-7-17(38-2)25(39-3)24(14)43-23(15)16/h6-7,9-10,16,22-23,26-29,31,35-37H,8,11-12H2,1-3H3,(H,32,33)/t16-,22+,23-,26+,27+,28+,29+,30-/m0/s1. The number of aliphatic hydroxyl groups is 3. The quantitative estimate of drug-likeness (QED) is 0.123. The molecule has 0 aromatic heterocycles. The Bertz CT molecular complexity index is 1550. The zero-order chi connectivity index (χ0) is 31.3. The van der Waals surface area contributed by atoms with Gasteiger partial charge >= 0.3 is 11.9 Å². The molecule has 0 radical (unpaired) electrons. The van der Waals surface area contributed by atoms with E-state index in [1.54, 1.807) is 19.2 Å². The van der Waals surface area contributed by atoms with E-state index in [4.69, 9.17) is 38.3 Å². The number of rotatable bonds is 7. The Morgan fingerprint density at radius 2 is 1.93 bits per heavy atom. The van der Waals surface area contributed by atoms with Gasteiger partial charge in [-0.15, -0.1) is 0 Å². The lowest BCUT2D eigenvalue weighted by Gasteiger charge is -2.49. The number of hydrogen-bond donors (Lipinski definition) is 5. The van der Waals surface area contributed by atoms with Crippen molar-refractivity contribution in [2.75, 3.05) is 27.9 Å². The van der Waals surface area contributed by atoms with Gasteiger partial charge in [-0.05, 0) is 19.2 Å². The Kier molecular flexibility index (Phi) is 7.68. The van der Waals surface area contributed by atoms with Gasteiger partial charge in [-0.3, -0.25) is 14.9 Å². The summed E-state index contributed by atoms with van der Waals surface area (Å²) in [7, 11) is 4.46. The van der Waals surface area contributed by atoms with Crippen LogP contribution in [0.25, 0.3) is 0 Å². The van der Waals surface area contributed by atoms with Crippen LogP contribution >= 0.6 is 0 Å². The molecular formula is C30H31NO13. The molecule has 14 heteroatoms. The molecule has 44 heavy (non-hydrogen) atoms. The van der Waals surface area contributed by atoms with E-state index in [1.165, 1.54) is 14.2 Å². The van der Waals surface area contributed by atoms with Gasteiger partial charge in [0.25, 0.3) is 0 Å². The maximum absolute atomic E-state index is 12.1. The highest BCUT2D eigenvalue weighted by Gasteiger charge is 2.59. The minimum Gasteiger partial charge on any atom is -0.493 e. The number of carboxylic acid groups (broad SMARTS) is 1. The number of hydrogen-bond acceptors (Lipinski definition) is 13. The molecule has 2 bridgehead atoms. The number of fused-ring (bicyclic) bond motifs is 8. The van der Waals surface area contributed by atoms with E-state index in [0.29, 0.717) is 34.1 Å². The number of methoxy groups -OCH3 is 2. The minimum atomic E-state index is -2.25. The molecule has 5 aliphatic heterocycles. The van der Waals surface area contributed by atoms with Crippen molar-refractivity contribution in [3.05, 3.63) is 41.0 Å². The van der Waals surface area contributed by atoms with Gasteiger partial charge < -0.3 is 53.6 Å². The Hall–Kier alpha value is -4.26. The van der Waals surface area contributed by atoms with Crippen molar-refractivity contribution in [3.8, 4) is 40.6 Å². The fraction of sp³-hybridized carbons (Fsp3) is 0.467. The van der Waals surface area contributed by atoms with Crippen molar-refractivity contribution in [2.24, 2.45) is 0 Å². The number of ether oxygens (including phenoxy) is 7.